The summed E-state index contributed by atoms with van der Waals surface area (Å²) in [6.07, 6.45) is 0.667. The minimum Gasteiger partial charge on any atom is -0.298 e. The average Bonchev–Trinajstić information content (AvgIpc) is 3.18. The fourth-order valence-electron chi connectivity index (χ4n) is 3.10. The maximum atomic E-state index is 12.6. The van der Waals surface area contributed by atoms with Crippen molar-refractivity contribution in [3.05, 3.63) is 58.1 Å². The largest absolute Gasteiger partial charge is 0.298 e. The molecule has 0 fully saturated rings. The zero-order valence-corrected chi connectivity index (χ0v) is 16.7. The molecule has 6 nitrogen and oxygen atoms in total. The van der Waals surface area contributed by atoms with Crippen LogP contribution in [0.4, 0.5) is 5.13 Å². The van der Waals surface area contributed by atoms with Crippen LogP contribution < -0.4 is 5.32 Å². The second-order valence-electron chi connectivity index (χ2n) is 6.58. The summed E-state index contributed by atoms with van der Waals surface area (Å²) in [5.41, 5.74) is 1.62. The molecule has 1 aliphatic heterocycles. The average molecular weight is 414 g/mol. The highest BCUT2D eigenvalue weighted by molar-refractivity contribution is 7.22. The van der Waals surface area contributed by atoms with Crippen LogP contribution >= 0.6 is 22.9 Å². The summed E-state index contributed by atoms with van der Waals surface area (Å²) in [6, 6.07) is 9.66. The second kappa shape index (κ2) is 7.00. The third-order valence-corrected chi connectivity index (χ3v) is 5.95. The highest BCUT2D eigenvalue weighted by Crippen LogP contribution is 2.30. The predicted molar refractivity (Wildman–Crippen MR) is 109 cm³/mol. The number of fused-ring (bicyclic) bond motifs is 2. The molecule has 28 heavy (non-hydrogen) atoms. The molecule has 8 heteroatoms. The van der Waals surface area contributed by atoms with Gasteiger partial charge in [-0.1, -0.05) is 29.9 Å². The van der Waals surface area contributed by atoms with Gasteiger partial charge in [0.15, 0.2) is 5.13 Å². The summed E-state index contributed by atoms with van der Waals surface area (Å²) in [5, 5.41) is 3.78. The molecule has 3 amide bonds. The van der Waals surface area contributed by atoms with Gasteiger partial charge in [-0.15, -0.1) is 0 Å². The van der Waals surface area contributed by atoms with E-state index < -0.39 is 5.91 Å². The fourth-order valence-corrected chi connectivity index (χ4v) is 4.24. The minimum atomic E-state index is -0.393. The molecular formula is C20H16ClN3O3S. The Kier molecular flexibility index (Phi) is 4.64. The summed E-state index contributed by atoms with van der Waals surface area (Å²) < 4.78 is 0.863. The lowest BCUT2D eigenvalue weighted by atomic mass is 10.1. The maximum Gasteiger partial charge on any atom is 0.261 e. The number of carbonyl (C=O) groups is 3. The van der Waals surface area contributed by atoms with Crippen LogP contribution in [0.2, 0.25) is 5.02 Å². The van der Waals surface area contributed by atoms with Crippen molar-refractivity contribution in [2.45, 2.75) is 26.3 Å². The number of benzene rings is 2. The van der Waals surface area contributed by atoms with Crippen LogP contribution in [0.3, 0.4) is 0 Å². The summed E-state index contributed by atoms with van der Waals surface area (Å²) >= 11 is 7.29. The van der Waals surface area contributed by atoms with Crippen LogP contribution in [0.1, 0.15) is 51.3 Å². The van der Waals surface area contributed by atoms with E-state index in [2.05, 4.69) is 10.3 Å². The van der Waals surface area contributed by atoms with E-state index in [1.54, 1.807) is 24.3 Å². The molecule has 0 saturated carbocycles. The van der Waals surface area contributed by atoms with Crippen molar-refractivity contribution < 1.29 is 14.4 Å². The number of halogens is 1. The van der Waals surface area contributed by atoms with Gasteiger partial charge in [0.1, 0.15) is 0 Å². The Labute approximate surface area is 170 Å². The van der Waals surface area contributed by atoms with Gasteiger partial charge in [-0.3, -0.25) is 24.6 Å². The number of imide groups is 1. The van der Waals surface area contributed by atoms with E-state index in [9.17, 15) is 14.4 Å². The molecule has 1 unspecified atom stereocenters. The molecule has 142 valence electrons. The Morgan fingerprint density at radius 1 is 1.18 bits per heavy atom. The zero-order chi connectivity index (χ0) is 20.0. The first-order chi connectivity index (χ1) is 13.4. The Balaban J connectivity index is 1.60. The van der Waals surface area contributed by atoms with Gasteiger partial charge in [-0.05, 0) is 49.7 Å². The Hall–Kier alpha value is -2.77. The standard InChI is InChI=1S/C20H16ClN3O3S/c1-3-10(2)24-18(26)13-6-4-11(8-14(13)19(24)27)17(25)23-20-22-15-7-5-12(21)9-16(15)28-20/h4-10H,3H2,1-2H3,(H,22,23,25). The lowest BCUT2D eigenvalue weighted by Gasteiger charge is -2.20. The van der Waals surface area contributed by atoms with E-state index in [4.69, 9.17) is 11.6 Å². The van der Waals surface area contributed by atoms with Gasteiger partial charge in [0.25, 0.3) is 17.7 Å². The molecule has 3 aromatic rings. The van der Waals surface area contributed by atoms with Crippen LogP contribution in [0.15, 0.2) is 36.4 Å². The number of nitrogens with zero attached hydrogens (tertiary/aromatic N) is 2. The van der Waals surface area contributed by atoms with E-state index >= 15 is 0 Å². The van der Waals surface area contributed by atoms with E-state index in [0.29, 0.717) is 27.7 Å². The molecule has 0 bridgehead atoms. The number of aromatic nitrogens is 1. The van der Waals surface area contributed by atoms with Gasteiger partial charge in [0.05, 0.1) is 21.3 Å². The molecule has 1 aliphatic rings. The summed E-state index contributed by atoms with van der Waals surface area (Å²) in [6.45, 7) is 3.74. The van der Waals surface area contributed by atoms with Gasteiger partial charge < -0.3 is 0 Å². The number of nitrogens with one attached hydrogen (secondary N) is 1. The number of rotatable bonds is 4. The van der Waals surface area contributed by atoms with Crippen molar-refractivity contribution in [2.24, 2.45) is 0 Å². The van der Waals surface area contributed by atoms with Crippen molar-refractivity contribution in [1.82, 2.24) is 9.88 Å². The summed E-state index contributed by atoms with van der Waals surface area (Å²) in [4.78, 5) is 43.4. The third kappa shape index (κ3) is 3.06. The Bertz CT molecular complexity index is 1140. The van der Waals surface area contributed by atoms with Crippen LogP contribution in [0.5, 0.6) is 0 Å². The van der Waals surface area contributed by atoms with Crippen LogP contribution in [0, 0.1) is 0 Å². The molecule has 2 aromatic carbocycles. The highest BCUT2D eigenvalue weighted by Gasteiger charge is 2.38. The molecule has 2 heterocycles. The molecule has 1 aromatic heterocycles. The van der Waals surface area contributed by atoms with Gasteiger partial charge in [-0.2, -0.15) is 0 Å². The lowest BCUT2D eigenvalue weighted by Crippen LogP contribution is -2.37. The van der Waals surface area contributed by atoms with E-state index in [-0.39, 0.29) is 23.4 Å². The number of anilines is 1. The SMILES string of the molecule is CCC(C)N1C(=O)c2ccc(C(=O)Nc3nc4ccc(Cl)cc4s3)cc2C1=O. The molecular weight excluding hydrogens is 398 g/mol. The zero-order valence-electron chi connectivity index (χ0n) is 15.2. The predicted octanol–water partition coefficient (Wildman–Crippen LogP) is 4.60. The number of thiazole rings is 1. The van der Waals surface area contributed by atoms with Crippen LogP contribution in [-0.2, 0) is 0 Å². The van der Waals surface area contributed by atoms with E-state index in [1.807, 2.05) is 13.8 Å². The molecule has 1 N–H and O–H groups in total. The second-order valence-corrected chi connectivity index (χ2v) is 8.05. The quantitative estimate of drug-likeness (QED) is 0.634. The first-order valence-electron chi connectivity index (χ1n) is 8.78. The fraction of sp³-hybridized carbons (Fsp3) is 0.200. The van der Waals surface area contributed by atoms with Gasteiger partial charge in [-0.25, -0.2) is 4.98 Å². The van der Waals surface area contributed by atoms with Crippen molar-refractivity contribution in [2.75, 3.05) is 5.32 Å². The molecule has 0 radical (unpaired) electrons. The molecule has 0 saturated heterocycles. The smallest absolute Gasteiger partial charge is 0.261 e. The lowest BCUT2D eigenvalue weighted by molar-refractivity contribution is 0.0593. The molecule has 0 aliphatic carbocycles. The van der Waals surface area contributed by atoms with Crippen LogP contribution in [0.25, 0.3) is 10.2 Å². The highest BCUT2D eigenvalue weighted by atomic mass is 35.5. The van der Waals surface area contributed by atoms with Crippen LogP contribution in [-0.4, -0.2) is 33.6 Å². The van der Waals surface area contributed by atoms with E-state index in [0.717, 1.165) is 10.2 Å². The molecule has 0 spiro atoms. The number of carbonyl (C=O) groups excluding carboxylic acids is 3. The van der Waals surface area contributed by atoms with E-state index in [1.165, 1.54) is 28.4 Å². The molecule has 1 atom stereocenters. The third-order valence-electron chi connectivity index (χ3n) is 4.78. The minimum absolute atomic E-state index is 0.195. The first-order valence-corrected chi connectivity index (χ1v) is 9.98. The van der Waals surface area contributed by atoms with Gasteiger partial charge >= 0.3 is 0 Å². The van der Waals surface area contributed by atoms with Gasteiger partial charge in [0, 0.05) is 16.6 Å². The number of amides is 3. The monoisotopic (exact) mass is 413 g/mol. The number of hydrogen-bond donors (Lipinski definition) is 1. The number of hydrogen-bond acceptors (Lipinski definition) is 5. The van der Waals surface area contributed by atoms with Crippen molar-refractivity contribution in [3.63, 3.8) is 0 Å². The Morgan fingerprint density at radius 3 is 2.68 bits per heavy atom. The summed E-state index contributed by atoms with van der Waals surface area (Å²) in [5.74, 6) is -1.07. The summed E-state index contributed by atoms with van der Waals surface area (Å²) in [7, 11) is 0. The molecule has 4 rings (SSSR count). The first kappa shape index (κ1) is 18.6. The van der Waals surface area contributed by atoms with Crippen molar-refractivity contribution in [1.29, 1.82) is 0 Å². The topological polar surface area (TPSA) is 79.4 Å². The maximum absolute atomic E-state index is 12.6. The van der Waals surface area contributed by atoms with Gasteiger partial charge in [0.2, 0.25) is 0 Å². The Morgan fingerprint density at radius 2 is 1.93 bits per heavy atom. The van der Waals surface area contributed by atoms with Crippen molar-refractivity contribution >= 4 is 56.0 Å². The van der Waals surface area contributed by atoms with Crippen molar-refractivity contribution in [3.8, 4) is 0 Å². The normalized spacial score (nSPS) is 14.5.